The lowest BCUT2D eigenvalue weighted by atomic mass is 9.91. The minimum Gasteiger partial charge on any atom is -0.378 e. The normalized spacial score (nSPS) is 22.0. The van der Waals surface area contributed by atoms with Crippen molar-refractivity contribution in [2.24, 2.45) is 0 Å². The molecule has 2 N–H and O–H groups in total. The fourth-order valence-corrected chi connectivity index (χ4v) is 2.67. The maximum Gasteiger partial charge on any atom is 0.254 e. The van der Waals surface area contributed by atoms with Gasteiger partial charge in [0.05, 0.1) is 6.54 Å². The minimum absolute atomic E-state index is 0.0384. The molecule has 1 aliphatic heterocycles. The monoisotopic (exact) mass is 310 g/mol. The van der Waals surface area contributed by atoms with Gasteiger partial charge in [-0.2, -0.15) is 0 Å². The first-order chi connectivity index (χ1) is 9.92. The summed E-state index contributed by atoms with van der Waals surface area (Å²) < 4.78 is 0. The van der Waals surface area contributed by atoms with E-state index in [9.17, 15) is 14.7 Å². The van der Waals surface area contributed by atoms with Crippen molar-refractivity contribution in [1.29, 1.82) is 0 Å². The van der Waals surface area contributed by atoms with E-state index in [0.717, 1.165) is 5.56 Å². The number of hydrogen-bond donors (Lipinski definition) is 2. The molecular formula is C15H19ClN2O3. The maximum absolute atomic E-state index is 12.2. The molecule has 1 saturated heterocycles. The second-order valence-corrected chi connectivity index (χ2v) is 5.76. The van der Waals surface area contributed by atoms with Crippen LogP contribution in [0.4, 0.5) is 0 Å². The van der Waals surface area contributed by atoms with E-state index in [2.05, 4.69) is 5.32 Å². The molecular weight excluding hydrogens is 292 g/mol. The number of piperidine rings is 1. The average Bonchev–Trinajstić information content (AvgIpc) is 2.46. The van der Waals surface area contributed by atoms with E-state index >= 15 is 0 Å². The van der Waals surface area contributed by atoms with E-state index in [1.165, 1.54) is 11.8 Å². The number of hydrogen-bond acceptors (Lipinski definition) is 3. The molecule has 0 spiro atoms. The van der Waals surface area contributed by atoms with Gasteiger partial charge in [0, 0.05) is 25.0 Å². The number of likely N-dealkylation sites (tertiary alicyclic amines) is 1. The zero-order chi connectivity index (χ0) is 15.5. The molecule has 1 aliphatic rings. The Labute approximate surface area is 128 Å². The summed E-state index contributed by atoms with van der Waals surface area (Å²) in [6, 6.07) is 7.21. The first-order valence-electron chi connectivity index (χ1n) is 6.92. The van der Waals surface area contributed by atoms with Gasteiger partial charge >= 0.3 is 0 Å². The Hall–Kier alpha value is -1.59. The summed E-state index contributed by atoms with van der Waals surface area (Å²) in [7, 11) is 0. The highest BCUT2D eigenvalue weighted by Crippen LogP contribution is 2.22. The van der Waals surface area contributed by atoms with Gasteiger partial charge in [0.25, 0.3) is 5.91 Å². The van der Waals surface area contributed by atoms with E-state index in [4.69, 9.17) is 11.6 Å². The first kappa shape index (κ1) is 15.8. The molecule has 0 saturated carbocycles. The van der Waals surface area contributed by atoms with E-state index in [0.29, 0.717) is 24.4 Å². The van der Waals surface area contributed by atoms with Gasteiger partial charge in [-0.1, -0.05) is 29.8 Å². The summed E-state index contributed by atoms with van der Waals surface area (Å²) in [5.41, 5.74) is -0.735. The van der Waals surface area contributed by atoms with Crippen molar-refractivity contribution in [2.45, 2.75) is 31.9 Å². The summed E-state index contributed by atoms with van der Waals surface area (Å²) in [6.07, 6.45) is 0.959. The van der Waals surface area contributed by atoms with Crippen LogP contribution in [0.2, 0.25) is 5.02 Å². The van der Waals surface area contributed by atoms with Crippen LogP contribution in [0.3, 0.4) is 0 Å². The molecule has 114 valence electrons. The number of nitrogens with one attached hydrogen (secondary N) is 1. The van der Waals surface area contributed by atoms with E-state index in [-0.39, 0.29) is 19.0 Å². The Kier molecular flexibility index (Phi) is 4.85. The molecule has 6 heteroatoms. The molecule has 2 rings (SSSR count). The second-order valence-electron chi connectivity index (χ2n) is 5.35. The van der Waals surface area contributed by atoms with Gasteiger partial charge in [-0.25, -0.2) is 0 Å². The van der Waals surface area contributed by atoms with Crippen molar-refractivity contribution < 1.29 is 14.7 Å². The number of aliphatic hydroxyl groups is 1. The van der Waals surface area contributed by atoms with Gasteiger partial charge in [-0.15, -0.1) is 0 Å². The maximum atomic E-state index is 12.2. The Morgan fingerprint density at radius 2 is 2.14 bits per heavy atom. The standard InChI is InChI=1S/C15H19ClN2O3/c1-11(19)18-8-4-7-15(21,10-18)14(20)17-9-12-5-2-3-6-13(12)16/h2-3,5-6,21H,4,7-10H2,1H3,(H,17,20)/t15-/m0/s1. The lowest BCUT2D eigenvalue weighted by molar-refractivity contribution is -0.150. The van der Waals surface area contributed by atoms with Crippen LogP contribution >= 0.6 is 11.6 Å². The Morgan fingerprint density at radius 3 is 2.81 bits per heavy atom. The Bertz CT molecular complexity index is 549. The van der Waals surface area contributed by atoms with Crippen molar-refractivity contribution in [2.75, 3.05) is 13.1 Å². The van der Waals surface area contributed by atoms with Crippen LogP contribution < -0.4 is 5.32 Å². The minimum atomic E-state index is -1.52. The van der Waals surface area contributed by atoms with Gasteiger partial charge in [0.1, 0.15) is 0 Å². The molecule has 0 radical (unpaired) electrons. The number of benzene rings is 1. The van der Waals surface area contributed by atoms with Gasteiger partial charge in [-0.05, 0) is 24.5 Å². The van der Waals surface area contributed by atoms with Crippen molar-refractivity contribution in [1.82, 2.24) is 10.2 Å². The van der Waals surface area contributed by atoms with Crippen LogP contribution in [0.15, 0.2) is 24.3 Å². The van der Waals surface area contributed by atoms with E-state index in [1.807, 2.05) is 18.2 Å². The van der Waals surface area contributed by atoms with Crippen molar-refractivity contribution >= 4 is 23.4 Å². The second kappa shape index (κ2) is 6.45. The number of nitrogens with zero attached hydrogens (tertiary/aromatic N) is 1. The molecule has 2 amide bonds. The summed E-state index contributed by atoms with van der Waals surface area (Å²) in [6.45, 7) is 2.31. The topological polar surface area (TPSA) is 69.6 Å². The highest BCUT2D eigenvalue weighted by atomic mass is 35.5. The van der Waals surface area contributed by atoms with E-state index < -0.39 is 11.5 Å². The third kappa shape index (κ3) is 3.74. The molecule has 0 aromatic heterocycles. The van der Waals surface area contributed by atoms with Crippen molar-refractivity contribution in [3.8, 4) is 0 Å². The average molecular weight is 311 g/mol. The van der Waals surface area contributed by atoms with Crippen molar-refractivity contribution in [3.63, 3.8) is 0 Å². The highest BCUT2D eigenvalue weighted by Gasteiger charge is 2.40. The molecule has 0 bridgehead atoms. The van der Waals surface area contributed by atoms with Gasteiger partial charge in [-0.3, -0.25) is 9.59 Å². The first-order valence-corrected chi connectivity index (χ1v) is 7.30. The zero-order valence-electron chi connectivity index (χ0n) is 11.9. The molecule has 5 nitrogen and oxygen atoms in total. The predicted octanol–water partition coefficient (Wildman–Crippen LogP) is 1.33. The number of rotatable bonds is 3. The lowest BCUT2D eigenvalue weighted by Gasteiger charge is -2.37. The number of amides is 2. The van der Waals surface area contributed by atoms with Crippen molar-refractivity contribution in [3.05, 3.63) is 34.9 Å². The number of carbonyl (C=O) groups is 2. The number of halogens is 1. The molecule has 1 heterocycles. The van der Waals surface area contributed by atoms with Crippen LogP contribution in [-0.4, -0.2) is 40.5 Å². The van der Waals surface area contributed by atoms with E-state index in [1.54, 1.807) is 6.07 Å². The fourth-order valence-electron chi connectivity index (χ4n) is 2.47. The Morgan fingerprint density at radius 1 is 1.43 bits per heavy atom. The summed E-state index contributed by atoms with van der Waals surface area (Å²) in [4.78, 5) is 25.1. The number of β-amino-alcohol motifs (C(OH)–C–C–N with tert-alkyl or cyclic N) is 1. The molecule has 0 unspecified atom stereocenters. The number of carbonyl (C=O) groups excluding carboxylic acids is 2. The molecule has 0 aliphatic carbocycles. The quantitative estimate of drug-likeness (QED) is 0.885. The third-order valence-electron chi connectivity index (χ3n) is 3.74. The van der Waals surface area contributed by atoms with Crippen LogP contribution in [0.1, 0.15) is 25.3 Å². The van der Waals surface area contributed by atoms with Crippen LogP contribution in [-0.2, 0) is 16.1 Å². The third-order valence-corrected chi connectivity index (χ3v) is 4.10. The Balaban J connectivity index is 1.99. The SMILES string of the molecule is CC(=O)N1CCC[C@@](O)(C(=O)NCc2ccccc2Cl)C1. The summed E-state index contributed by atoms with van der Waals surface area (Å²) >= 11 is 6.03. The molecule has 1 atom stereocenters. The largest absolute Gasteiger partial charge is 0.378 e. The highest BCUT2D eigenvalue weighted by molar-refractivity contribution is 6.31. The van der Waals surface area contributed by atoms with Crippen LogP contribution in [0, 0.1) is 0 Å². The van der Waals surface area contributed by atoms with Crippen LogP contribution in [0.25, 0.3) is 0 Å². The van der Waals surface area contributed by atoms with Gasteiger partial charge in [0.2, 0.25) is 5.91 Å². The summed E-state index contributed by atoms with van der Waals surface area (Å²) in [5, 5.41) is 13.7. The predicted molar refractivity (Wildman–Crippen MR) is 79.7 cm³/mol. The van der Waals surface area contributed by atoms with Gasteiger partial charge in [0.15, 0.2) is 5.60 Å². The fraction of sp³-hybridized carbons (Fsp3) is 0.467. The molecule has 1 aromatic rings. The zero-order valence-corrected chi connectivity index (χ0v) is 12.7. The molecule has 21 heavy (non-hydrogen) atoms. The smallest absolute Gasteiger partial charge is 0.254 e. The molecule has 1 aromatic carbocycles. The van der Waals surface area contributed by atoms with Crippen LogP contribution in [0.5, 0.6) is 0 Å². The summed E-state index contributed by atoms with van der Waals surface area (Å²) in [5.74, 6) is -0.597. The lowest BCUT2D eigenvalue weighted by Crippen LogP contribution is -2.57. The molecule has 1 fully saturated rings. The van der Waals surface area contributed by atoms with Gasteiger partial charge < -0.3 is 15.3 Å².